The Kier molecular flexibility index (Phi) is 2.69. The van der Waals surface area contributed by atoms with Crippen LogP contribution in [0.1, 0.15) is 0 Å². The molecule has 0 atom stereocenters. The van der Waals surface area contributed by atoms with Crippen molar-refractivity contribution >= 4 is 21.8 Å². The van der Waals surface area contributed by atoms with Crippen molar-refractivity contribution < 1.29 is 16.8 Å². The largest absolute Gasteiger partial charge is 0.368 e. The van der Waals surface area contributed by atoms with E-state index in [1.807, 2.05) is 0 Å². The van der Waals surface area contributed by atoms with Crippen molar-refractivity contribution in [2.45, 2.75) is 5.09 Å². The van der Waals surface area contributed by atoms with E-state index in [0.717, 1.165) is 6.07 Å². The van der Waals surface area contributed by atoms with Crippen LogP contribution in [0.4, 0.5) is 3.89 Å². The Morgan fingerprint density at radius 2 is 2.00 bits per heavy atom. The van der Waals surface area contributed by atoms with E-state index in [9.17, 15) is 12.3 Å². The van der Waals surface area contributed by atoms with E-state index in [1.165, 1.54) is 0 Å². The van der Waals surface area contributed by atoms with Gasteiger partial charge < -0.3 is 4.52 Å². The first kappa shape index (κ1) is 11.1. The van der Waals surface area contributed by atoms with Crippen LogP contribution < -0.4 is 0 Å². The van der Waals surface area contributed by atoms with Gasteiger partial charge in [-0.15, -0.1) is 0 Å². The first-order chi connectivity index (χ1) is 7.48. The van der Waals surface area contributed by atoms with Crippen LogP contribution in [0.15, 0.2) is 39.9 Å². The van der Waals surface area contributed by atoms with Gasteiger partial charge in [-0.05, 0) is 6.07 Å². The van der Waals surface area contributed by atoms with E-state index in [0.29, 0.717) is 10.6 Å². The molecule has 0 aliphatic rings. The molecule has 84 valence electrons. The molecule has 4 nitrogen and oxygen atoms in total. The highest BCUT2D eigenvalue weighted by molar-refractivity contribution is 7.86. The topological polar surface area (TPSA) is 60.2 Å². The van der Waals surface area contributed by atoms with Gasteiger partial charge in [0.1, 0.15) is 5.69 Å². The van der Waals surface area contributed by atoms with Gasteiger partial charge in [-0.2, -0.15) is 8.42 Å². The van der Waals surface area contributed by atoms with Gasteiger partial charge in [0.05, 0.1) is 5.02 Å². The van der Waals surface area contributed by atoms with Gasteiger partial charge in [0.25, 0.3) is 5.09 Å². The molecule has 0 saturated heterocycles. The number of rotatable bonds is 2. The molecule has 1 aromatic carbocycles. The zero-order valence-corrected chi connectivity index (χ0v) is 9.30. The summed E-state index contributed by atoms with van der Waals surface area (Å²) in [6.07, 6.45) is 0. The second-order valence-corrected chi connectivity index (χ2v) is 4.63. The monoisotopic (exact) mass is 261 g/mol. The smallest absolute Gasteiger partial charge is 0.341 e. The zero-order valence-electron chi connectivity index (χ0n) is 7.72. The van der Waals surface area contributed by atoms with Gasteiger partial charge in [0.2, 0.25) is 0 Å². The van der Waals surface area contributed by atoms with Crippen LogP contribution in [0.2, 0.25) is 5.02 Å². The van der Waals surface area contributed by atoms with E-state index >= 15 is 0 Å². The lowest BCUT2D eigenvalue weighted by Crippen LogP contribution is -1.87. The summed E-state index contributed by atoms with van der Waals surface area (Å²) in [4.78, 5) is 0. The summed E-state index contributed by atoms with van der Waals surface area (Å²) < 4.78 is 38.0. The van der Waals surface area contributed by atoms with Crippen molar-refractivity contribution in [3.63, 3.8) is 0 Å². The summed E-state index contributed by atoms with van der Waals surface area (Å²) in [5.74, 6) is 0. The van der Waals surface area contributed by atoms with Crippen molar-refractivity contribution in [1.82, 2.24) is 5.16 Å². The first-order valence-electron chi connectivity index (χ1n) is 4.15. The van der Waals surface area contributed by atoms with E-state index in [1.54, 1.807) is 24.3 Å². The second kappa shape index (κ2) is 3.88. The minimum Gasteiger partial charge on any atom is -0.341 e. The van der Waals surface area contributed by atoms with Gasteiger partial charge in [-0.3, -0.25) is 0 Å². The van der Waals surface area contributed by atoms with Gasteiger partial charge >= 0.3 is 10.2 Å². The van der Waals surface area contributed by atoms with Crippen LogP contribution >= 0.6 is 11.6 Å². The van der Waals surface area contributed by atoms with Crippen molar-refractivity contribution in [3.8, 4) is 11.3 Å². The molecule has 7 heteroatoms. The minimum atomic E-state index is -4.88. The van der Waals surface area contributed by atoms with Crippen molar-refractivity contribution in [2.75, 3.05) is 0 Å². The maximum absolute atomic E-state index is 12.6. The summed E-state index contributed by atoms with van der Waals surface area (Å²) in [5.41, 5.74) is 0.643. The normalized spacial score (nSPS) is 11.6. The Bertz CT molecular complexity index is 623. The Morgan fingerprint density at radius 3 is 2.56 bits per heavy atom. The molecule has 16 heavy (non-hydrogen) atoms. The average Bonchev–Trinajstić information content (AvgIpc) is 2.66. The fourth-order valence-corrected chi connectivity index (χ4v) is 1.78. The maximum Gasteiger partial charge on any atom is 0.368 e. The number of hydrogen-bond acceptors (Lipinski definition) is 4. The minimum absolute atomic E-state index is 0.168. The van der Waals surface area contributed by atoms with Gasteiger partial charge in [-0.1, -0.05) is 38.8 Å². The van der Waals surface area contributed by atoms with Gasteiger partial charge in [-0.25, -0.2) is 0 Å². The highest BCUT2D eigenvalue weighted by atomic mass is 35.5. The number of nitrogens with zero attached hydrogens (tertiary/aromatic N) is 1. The Morgan fingerprint density at radius 1 is 1.31 bits per heavy atom. The molecule has 1 heterocycles. The van der Waals surface area contributed by atoms with Gasteiger partial charge in [0, 0.05) is 11.6 Å². The molecule has 1 aromatic heterocycles. The third-order valence-corrected chi connectivity index (χ3v) is 2.88. The quantitative estimate of drug-likeness (QED) is 0.780. The number of aromatic nitrogens is 1. The number of benzene rings is 1. The van der Waals surface area contributed by atoms with Crippen LogP contribution in [0, 0.1) is 0 Å². The molecule has 2 aromatic rings. The molecule has 0 aliphatic carbocycles. The molecular weight excluding hydrogens is 257 g/mol. The summed E-state index contributed by atoms with van der Waals surface area (Å²) in [5, 5.41) is 2.98. The third kappa shape index (κ3) is 2.07. The Hall–Kier alpha value is -1.40. The first-order valence-corrected chi connectivity index (χ1v) is 5.91. The maximum atomic E-state index is 12.6. The standard InChI is InChI=1S/C9H5ClFNO3S/c10-7-4-2-1-3-6(7)8-5-9(15-12-8)16(11,13)14/h1-5H. The second-order valence-electron chi connectivity index (χ2n) is 2.95. The summed E-state index contributed by atoms with van der Waals surface area (Å²) >= 11 is 5.86. The molecule has 0 unspecified atom stereocenters. The molecule has 0 amide bonds. The SMILES string of the molecule is O=S(=O)(F)c1cc(-c2ccccc2Cl)no1. The molecule has 2 rings (SSSR count). The van der Waals surface area contributed by atoms with E-state index < -0.39 is 15.3 Å². The lowest BCUT2D eigenvalue weighted by molar-refractivity contribution is 0.334. The average molecular weight is 262 g/mol. The van der Waals surface area contributed by atoms with Gasteiger partial charge in [0.15, 0.2) is 0 Å². The highest BCUT2D eigenvalue weighted by Gasteiger charge is 2.20. The number of halogens is 2. The van der Waals surface area contributed by atoms with E-state index in [4.69, 9.17) is 11.6 Å². The summed E-state index contributed by atoms with van der Waals surface area (Å²) in [7, 11) is -4.88. The van der Waals surface area contributed by atoms with E-state index in [2.05, 4.69) is 9.68 Å². The fraction of sp³-hybridized carbons (Fsp3) is 0. The molecule has 0 spiro atoms. The van der Waals surface area contributed by atoms with Crippen LogP contribution in [0.3, 0.4) is 0 Å². The van der Waals surface area contributed by atoms with Crippen molar-refractivity contribution in [3.05, 3.63) is 35.4 Å². The van der Waals surface area contributed by atoms with Crippen LogP contribution in [0.5, 0.6) is 0 Å². The predicted molar refractivity (Wildman–Crippen MR) is 55.2 cm³/mol. The number of hydrogen-bond donors (Lipinski definition) is 0. The molecule has 0 saturated carbocycles. The summed E-state index contributed by atoms with van der Waals surface area (Å²) in [6.45, 7) is 0. The van der Waals surface area contributed by atoms with Crippen LogP contribution in [-0.4, -0.2) is 13.6 Å². The van der Waals surface area contributed by atoms with Crippen molar-refractivity contribution in [2.24, 2.45) is 0 Å². The Balaban J connectivity index is 2.52. The lowest BCUT2D eigenvalue weighted by Gasteiger charge is -1.96. The zero-order chi connectivity index (χ0) is 11.8. The molecule has 0 radical (unpaired) electrons. The van der Waals surface area contributed by atoms with Crippen LogP contribution in [-0.2, 0) is 10.2 Å². The van der Waals surface area contributed by atoms with Crippen molar-refractivity contribution in [1.29, 1.82) is 0 Å². The molecule has 0 fully saturated rings. The lowest BCUT2D eigenvalue weighted by atomic mass is 10.2. The molecule has 0 N–H and O–H groups in total. The van der Waals surface area contributed by atoms with E-state index in [-0.39, 0.29) is 5.69 Å². The molecule has 0 bridgehead atoms. The highest BCUT2D eigenvalue weighted by Crippen LogP contribution is 2.28. The third-order valence-electron chi connectivity index (χ3n) is 1.88. The Labute approximate surface area is 95.8 Å². The molecular formula is C9H5ClFNO3S. The summed E-state index contributed by atoms with van der Waals surface area (Å²) in [6, 6.07) is 7.61. The van der Waals surface area contributed by atoms with Crippen LogP contribution in [0.25, 0.3) is 11.3 Å². The molecule has 0 aliphatic heterocycles. The fourth-order valence-electron chi connectivity index (χ4n) is 1.17. The predicted octanol–water partition coefficient (Wildman–Crippen LogP) is 2.65.